The van der Waals surface area contributed by atoms with Crippen LogP contribution < -0.4 is 5.32 Å². The van der Waals surface area contributed by atoms with Gasteiger partial charge in [0, 0.05) is 12.6 Å². The minimum atomic E-state index is -0.399. The van der Waals surface area contributed by atoms with E-state index in [9.17, 15) is 9.59 Å². The summed E-state index contributed by atoms with van der Waals surface area (Å²) in [6.07, 6.45) is 0. The lowest BCUT2D eigenvalue weighted by molar-refractivity contribution is -0.115. The molecule has 1 amide bonds. The van der Waals surface area contributed by atoms with Gasteiger partial charge >= 0.3 is 5.97 Å². The maximum atomic E-state index is 12.4. The number of amides is 1. The number of thioether (sulfide) groups is 1. The topological polar surface area (TPSA) is 99.2 Å². The van der Waals surface area contributed by atoms with E-state index in [1.165, 1.54) is 11.8 Å². The molecule has 0 saturated carbocycles. The van der Waals surface area contributed by atoms with Crippen LogP contribution in [0.5, 0.6) is 0 Å². The number of anilines is 1. The van der Waals surface area contributed by atoms with Crippen molar-refractivity contribution in [1.82, 2.24) is 14.7 Å². The molecule has 3 rings (SSSR count). The first-order chi connectivity index (χ1) is 13.4. The molecule has 0 bridgehead atoms. The highest BCUT2D eigenvalue weighted by atomic mass is 32.2. The lowest BCUT2D eigenvalue weighted by Gasteiger charge is -2.11. The Morgan fingerprint density at radius 2 is 2.11 bits per heavy atom. The molecule has 0 radical (unpaired) electrons. The van der Waals surface area contributed by atoms with Crippen LogP contribution in [0.4, 0.5) is 5.82 Å². The zero-order valence-corrected chi connectivity index (χ0v) is 17.0. The third-order valence-electron chi connectivity index (χ3n) is 4.07. The van der Waals surface area contributed by atoms with Crippen molar-refractivity contribution in [3.63, 3.8) is 0 Å². The highest BCUT2D eigenvalue weighted by Gasteiger charge is 2.21. The third-order valence-corrected chi connectivity index (χ3v) is 5.16. The molecule has 1 aromatic carbocycles. The number of aryl methyl sites for hydroxylation is 2. The lowest BCUT2D eigenvalue weighted by atomic mass is 10.2. The zero-order valence-electron chi connectivity index (χ0n) is 16.2. The van der Waals surface area contributed by atoms with Gasteiger partial charge in [0.25, 0.3) is 0 Å². The van der Waals surface area contributed by atoms with Gasteiger partial charge in [-0.25, -0.2) is 9.78 Å². The van der Waals surface area contributed by atoms with E-state index in [-0.39, 0.29) is 11.9 Å². The Balaban J connectivity index is 1.81. The predicted octanol–water partition coefficient (Wildman–Crippen LogP) is 3.65. The number of fused-ring (bicyclic) bond motifs is 1. The maximum absolute atomic E-state index is 12.4. The van der Waals surface area contributed by atoms with Crippen LogP contribution in [0, 0.1) is 6.92 Å². The van der Waals surface area contributed by atoms with Crippen molar-refractivity contribution in [2.45, 2.75) is 44.6 Å². The quantitative estimate of drug-likeness (QED) is 0.476. The Labute approximate surface area is 166 Å². The number of benzene rings is 1. The molecule has 0 aliphatic carbocycles. The van der Waals surface area contributed by atoms with E-state index < -0.39 is 5.25 Å². The van der Waals surface area contributed by atoms with E-state index in [0.29, 0.717) is 41.0 Å². The summed E-state index contributed by atoms with van der Waals surface area (Å²) >= 11 is 1.34. The molecule has 1 atom stereocenters. The number of hydrogen-bond donors (Lipinski definition) is 1. The molecule has 9 heteroatoms. The average molecular weight is 402 g/mol. The normalized spacial score (nSPS) is 12.1. The molecule has 3 aromatic rings. The lowest BCUT2D eigenvalue weighted by Crippen LogP contribution is -2.23. The smallest absolute Gasteiger partial charge is 0.338 e. The molecule has 0 aliphatic heterocycles. The third kappa shape index (κ3) is 4.19. The van der Waals surface area contributed by atoms with Gasteiger partial charge in [-0.05, 0) is 45.9 Å². The molecule has 0 aliphatic rings. The fraction of sp³-hybridized carbons (Fsp3) is 0.368. The van der Waals surface area contributed by atoms with E-state index >= 15 is 0 Å². The molecule has 1 N–H and O–H groups in total. The number of carbonyl (C=O) groups excluding carboxylic acids is 2. The number of ether oxygens (including phenoxy) is 1. The monoisotopic (exact) mass is 402 g/mol. The van der Waals surface area contributed by atoms with E-state index in [4.69, 9.17) is 9.26 Å². The van der Waals surface area contributed by atoms with Gasteiger partial charge < -0.3 is 19.1 Å². The van der Waals surface area contributed by atoms with Crippen LogP contribution in [0.15, 0.2) is 33.9 Å². The van der Waals surface area contributed by atoms with Gasteiger partial charge in [-0.15, -0.1) is 0 Å². The average Bonchev–Trinajstić information content (AvgIpc) is 3.23. The Morgan fingerprint density at radius 1 is 1.32 bits per heavy atom. The van der Waals surface area contributed by atoms with Crippen LogP contribution in [0.1, 0.15) is 36.9 Å². The fourth-order valence-electron chi connectivity index (χ4n) is 2.71. The van der Waals surface area contributed by atoms with Gasteiger partial charge in [-0.1, -0.05) is 16.9 Å². The molecule has 0 spiro atoms. The number of hydrogen-bond acceptors (Lipinski definition) is 7. The van der Waals surface area contributed by atoms with Crippen molar-refractivity contribution in [3.05, 3.63) is 35.6 Å². The maximum Gasteiger partial charge on any atom is 0.338 e. The van der Waals surface area contributed by atoms with Crippen molar-refractivity contribution < 1.29 is 18.8 Å². The van der Waals surface area contributed by atoms with Crippen LogP contribution in [-0.4, -0.2) is 38.4 Å². The number of imidazole rings is 1. The first kappa shape index (κ1) is 19.9. The Kier molecular flexibility index (Phi) is 6.03. The first-order valence-corrected chi connectivity index (χ1v) is 9.89. The molecule has 0 fully saturated rings. The van der Waals surface area contributed by atoms with Gasteiger partial charge in [0.2, 0.25) is 5.91 Å². The van der Waals surface area contributed by atoms with Crippen LogP contribution in [0.2, 0.25) is 0 Å². The summed E-state index contributed by atoms with van der Waals surface area (Å²) in [7, 11) is 0. The van der Waals surface area contributed by atoms with E-state index in [2.05, 4.69) is 15.5 Å². The van der Waals surface area contributed by atoms with Crippen LogP contribution in [0.3, 0.4) is 0 Å². The Hall–Kier alpha value is -2.81. The minimum Gasteiger partial charge on any atom is -0.462 e. The van der Waals surface area contributed by atoms with Crippen molar-refractivity contribution in [2.75, 3.05) is 11.9 Å². The van der Waals surface area contributed by atoms with Gasteiger partial charge in [0.1, 0.15) is 5.76 Å². The van der Waals surface area contributed by atoms with E-state index in [0.717, 1.165) is 5.52 Å². The number of aromatic nitrogens is 3. The van der Waals surface area contributed by atoms with Crippen molar-refractivity contribution in [1.29, 1.82) is 0 Å². The standard InChI is InChI=1S/C19H22N4O4S/c1-5-23-15-8-7-13(18(25)26-6-2)10-14(15)20-19(23)28-12(4)17(24)21-16-9-11(3)27-22-16/h7-10,12H,5-6H2,1-4H3,(H,21,22,24)/t12-/m1/s1. The van der Waals surface area contributed by atoms with Crippen LogP contribution in [-0.2, 0) is 16.1 Å². The van der Waals surface area contributed by atoms with E-state index in [1.54, 1.807) is 39.0 Å². The SMILES string of the molecule is CCOC(=O)c1ccc2c(c1)nc(S[C@H](C)C(=O)Nc1cc(C)on1)n2CC. The van der Waals surface area contributed by atoms with Gasteiger partial charge in [0.05, 0.1) is 28.5 Å². The molecule has 148 valence electrons. The van der Waals surface area contributed by atoms with Gasteiger partial charge in [0.15, 0.2) is 11.0 Å². The summed E-state index contributed by atoms with van der Waals surface area (Å²) < 4.78 is 12.0. The second-order valence-electron chi connectivity index (χ2n) is 6.13. The predicted molar refractivity (Wildman–Crippen MR) is 107 cm³/mol. The molecule has 0 saturated heterocycles. The molecular formula is C19H22N4O4S. The first-order valence-electron chi connectivity index (χ1n) is 9.01. The molecular weight excluding hydrogens is 380 g/mol. The number of nitrogens with zero attached hydrogens (tertiary/aromatic N) is 3. The summed E-state index contributed by atoms with van der Waals surface area (Å²) in [6, 6.07) is 6.96. The number of esters is 1. The van der Waals surface area contributed by atoms with Crippen molar-refractivity contribution >= 4 is 40.5 Å². The molecule has 0 unspecified atom stereocenters. The number of carbonyl (C=O) groups is 2. The molecule has 2 heterocycles. The summed E-state index contributed by atoms with van der Waals surface area (Å²) in [4.78, 5) is 29.0. The summed E-state index contributed by atoms with van der Waals surface area (Å²) in [5.41, 5.74) is 2.05. The van der Waals surface area contributed by atoms with Crippen LogP contribution >= 0.6 is 11.8 Å². The second kappa shape index (κ2) is 8.47. The van der Waals surface area contributed by atoms with Crippen LogP contribution in [0.25, 0.3) is 11.0 Å². The second-order valence-corrected chi connectivity index (χ2v) is 7.44. The Bertz CT molecular complexity index is 1010. The number of nitrogens with one attached hydrogen (secondary N) is 1. The van der Waals surface area contributed by atoms with Gasteiger partial charge in [-0.2, -0.15) is 0 Å². The molecule has 28 heavy (non-hydrogen) atoms. The zero-order chi connectivity index (χ0) is 20.3. The van der Waals surface area contributed by atoms with Crippen molar-refractivity contribution in [3.8, 4) is 0 Å². The molecule has 2 aromatic heterocycles. The van der Waals surface area contributed by atoms with E-state index in [1.807, 2.05) is 17.6 Å². The summed E-state index contributed by atoms with van der Waals surface area (Å²) in [5.74, 6) is 0.444. The van der Waals surface area contributed by atoms with Gasteiger partial charge in [-0.3, -0.25) is 4.79 Å². The molecule has 8 nitrogen and oxygen atoms in total. The highest BCUT2D eigenvalue weighted by molar-refractivity contribution is 8.00. The van der Waals surface area contributed by atoms with Crippen molar-refractivity contribution in [2.24, 2.45) is 0 Å². The number of rotatable bonds is 7. The summed E-state index contributed by atoms with van der Waals surface area (Å²) in [5, 5.41) is 6.81. The highest BCUT2D eigenvalue weighted by Crippen LogP contribution is 2.28. The Morgan fingerprint density at radius 3 is 2.75 bits per heavy atom. The fourth-order valence-corrected chi connectivity index (χ4v) is 3.70. The largest absolute Gasteiger partial charge is 0.462 e. The summed E-state index contributed by atoms with van der Waals surface area (Å²) in [6.45, 7) is 8.34. The minimum absolute atomic E-state index is 0.194.